The van der Waals surface area contributed by atoms with E-state index in [0.717, 1.165) is 0 Å². The molecule has 0 saturated carbocycles. The zero-order chi connectivity index (χ0) is 15.2. The first-order valence-corrected chi connectivity index (χ1v) is 8.64. The number of methoxy groups -OCH3 is 1. The van der Waals surface area contributed by atoms with Crippen LogP contribution in [0.4, 0.5) is 5.69 Å². The maximum atomic E-state index is 12.3. The number of anilines is 1. The number of hydrogen-bond acceptors (Lipinski definition) is 4. The standard InChI is InChI=1S/C15H25NO3S/c1-5-10-20(17,18)15-9-7-6-8-13(15)16-14(11-19-4)12(2)3/h6-9,12,14,16H,5,10-11H2,1-4H3. The maximum Gasteiger partial charge on any atom is 0.180 e. The first-order chi connectivity index (χ1) is 9.42. The molecule has 0 aliphatic heterocycles. The molecule has 114 valence electrons. The van der Waals surface area contributed by atoms with Crippen molar-refractivity contribution in [3.63, 3.8) is 0 Å². The second kappa shape index (κ2) is 7.64. The van der Waals surface area contributed by atoms with Crippen LogP contribution in [0, 0.1) is 5.92 Å². The zero-order valence-electron chi connectivity index (χ0n) is 12.7. The highest BCUT2D eigenvalue weighted by Gasteiger charge is 2.20. The molecule has 0 aliphatic carbocycles. The minimum absolute atomic E-state index is 0.0815. The van der Waals surface area contributed by atoms with Crippen molar-refractivity contribution in [1.82, 2.24) is 0 Å². The largest absolute Gasteiger partial charge is 0.383 e. The Kier molecular flexibility index (Phi) is 6.49. The quantitative estimate of drug-likeness (QED) is 0.802. The Labute approximate surface area is 122 Å². The highest BCUT2D eigenvalue weighted by Crippen LogP contribution is 2.24. The number of ether oxygens (including phenoxy) is 1. The summed E-state index contributed by atoms with van der Waals surface area (Å²) in [5, 5.41) is 3.31. The smallest absolute Gasteiger partial charge is 0.180 e. The first kappa shape index (κ1) is 17.0. The van der Waals surface area contributed by atoms with Crippen LogP contribution in [0.25, 0.3) is 0 Å². The molecule has 1 rings (SSSR count). The molecule has 0 heterocycles. The lowest BCUT2D eigenvalue weighted by molar-refractivity contribution is 0.171. The summed E-state index contributed by atoms with van der Waals surface area (Å²) in [5.74, 6) is 0.513. The van der Waals surface area contributed by atoms with E-state index in [-0.39, 0.29) is 11.8 Å². The van der Waals surface area contributed by atoms with Crippen LogP contribution in [0.1, 0.15) is 27.2 Å². The van der Waals surface area contributed by atoms with Gasteiger partial charge < -0.3 is 10.1 Å². The molecule has 1 unspecified atom stereocenters. The molecule has 0 saturated heterocycles. The Balaban J connectivity index is 3.07. The van der Waals surface area contributed by atoms with Gasteiger partial charge in [-0.2, -0.15) is 0 Å². The predicted octanol–water partition coefficient (Wildman–Crippen LogP) is 2.95. The molecule has 0 radical (unpaired) electrons. The summed E-state index contributed by atoms with van der Waals surface area (Å²) in [5.41, 5.74) is 0.664. The van der Waals surface area contributed by atoms with Crippen LogP contribution in [0.3, 0.4) is 0 Å². The summed E-state index contributed by atoms with van der Waals surface area (Å²) in [6.45, 7) is 6.58. The molecule has 0 fully saturated rings. The molecular formula is C15H25NO3S. The summed E-state index contributed by atoms with van der Waals surface area (Å²) in [4.78, 5) is 0.378. The Morgan fingerprint density at radius 2 is 1.90 bits per heavy atom. The Hall–Kier alpha value is -1.07. The van der Waals surface area contributed by atoms with Crippen LogP contribution in [0.5, 0.6) is 0 Å². The minimum Gasteiger partial charge on any atom is -0.383 e. The van der Waals surface area contributed by atoms with Crippen molar-refractivity contribution >= 4 is 15.5 Å². The molecule has 1 aromatic rings. The van der Waals surface area contributed by atoms with Crippen molar-refractivity contribution in [2.75, 3.05) is 24.8 Å². The van der Waals surface area contributed by atoms with Crippen molar-refractivity contribution in [3.05, 3.63) is 24.3 Å². The number of para-hydroxylation sites is 1. The highest BCUT2D eigenvalue weighted by atomic mass is 32.2. The predicted molar refractivity (Wildman–Crippen MR) is 82.9 cm³/mol. The van der Waals surface area contributed by atoms with Gasteiger partial charge >= 0.3 is 0 Å². The van der Waals surface area contributed by atoms with Gasteiger partial charge in [-0.3, -0.25) is 0 Å². The van der Waals surface area contributed by atoms with Crippen molar-refractivity contribution in [2.45, 2.75) is 38.1 Å². The summed E-state index contributed by atoms with van der Waals surface area (Å²) in [6.07, 6.45) is 0.613. The van der Waals surface area contributed by atoms with Gasteiger partial charge in [0.15, 0.2) is 9.84 Å². The van der Waals surface area contributed by atoms with Crippen molar-refractivity contribution in [2.24, 2.45) is 5.92 Å². The van der Waals surface area contributed by atoms with Crippen LogP contribution < -0.4 is 5.32 Å². The van der Waals surface area contributed by atoms with E-state index in [1.54, 1.807) is 19.2 Å². The molecule has 4 nitrogen and oxygen atoms in total. The number of nitrogens with one attached hydrogen (secondary N) is 1. The van der Waals surface area contributed by atoms with E-state index in [9.17, 15) is 8.42 Å². The van der Waals surface area contributed by atoms with Crippen LogP contribution >= 0.6 is 0 Å². The van der Waals surface area contributed by atoms with Gasteiger partial charge in [-0.1, -0.05) is 32.9 Å². The summed E-state index contributed by atoms with van der Waals surface area (Å²) in [6, 6.07) is 7.16. The van der Waals surface area contributed by atoms with Gasteiger partial charge in [-0.25, -0.2) is 8.42 Å². The Morgan fingerprint density at radius 3 is 2.45 bits per heavy atom. The third-order valence-electron chi connectivity index (χ3n) is 3.19. The van der Waals surface area contributed by atoms with E-state index in [1.165, 1.54) is 0 Å². The maximum absolute atomic E-state index is 12.3. The fourth-order valence-electron chi connectivity index (χ4n) is 2.02. The van der Waals surface area contributed by atoms with Gasteiger partial charge in [-0.05, 0) is 24.5 Å². The summed E-state index contributed by atoms with van der Waals surface area (Å²) >= 11 is 0. The Bertz CT molecular complexity index is 512. The van der Waals surface area contributed by atoms with Gasteiger partial charge in [0.1, 0.15) is 0 Å². The van der Waals surface area contributed by atoms with Gasteiger partial charge in [-0.15, -0.1) is 0 Å². The van der Waals surface area contributed by atoms with E-state index in [4.69, 9.17) is 4.74 Å². The number of benzene rings is 1. The third-order valence-corrected chi connectivity index (χ3v) is 5.16. The van der Waals surface area contributed by atoms with Crippen molar-refractivity contribution in [1.29, 1.82) is 0 Å². The van der Waals surface area contributed by atoms with Gasteiger partial charge in [0.05, 0.1) is 29.0 Å². The molecule has 0 spiro atoms. The molecule has 1 N–H and O–H groups in total. The van der Waals surface area contributed by atoms with Gasteiger partial charge in [0.2, 0.25) is 0 Å². The lowest BCUT2D eigenvalue weighted by atomic mass is 10.1. The van der Waals surface area contributed by atoms with E-state index in [0.29, 0.717) is 29.5 Å². The molecule has 0 bridgehead atoms. The number of hydrogen-bond donors (Lipinski definition) is 1. The van der Waals surface area contributed by atoms with Crippen molar-refractivity contribution in [3.8, 4) is 0 Å². The Morgan fingerprint density at radius 1 is 1.25 bits per heavy atom. The molecule has 1 aromatic carbocycles. The second-order valence-electron chi connectivity index (χ2n) is 5.27. The van der Waals surface area contributed by atoms with Crippen LogP contribution in [-0.2, 0) is 14.6 Å². The molecule has 0 aromatic heterocycles. The van der Waals surface area contributed by atoms with Crippen LogP contribution in [-0.4, -0.2) is 33.9 Å². The average molecular weight is 299 g/mol. The van der Waals surface area contributed by atoms with Gasteiger partial charge in [0.25, 0.3) is 0 Å². The number of rotatable bonds is 8. The van der Waals surface area contributed by atoms with Crippen LogP contribution in [0.15, 0.2) is 29.2 Å². The highest BCUT2D eigenvalue weighted by molar-refractivity contribution is 7.91. The van der Waals surface area contributed by atoms with E-state index in [2.05, 4.69) is 19.2 Å². The minimum atomic E-state index is -3.23. The molecule has 1 atom stereocenters. The fraction of sp³-hybridized carbons (Fsp3) is 0.600. The zero-order valence-corrected chi connectivity index (χ0v) is 13.5. The molecule has 0 amide bonds. The van der Waals surface area contributed by atoms with E-state index in [1.807, 2.05) is 19.1 Å². The number of sulfone groups is 1. The lowest BCUT2D eigenvalue weighted by Crippen LogP contribution is -2.31. The molecule has 20 heavy (non-hydrogen) atoms. The van der Waals surface area contributed by atoms with Crippen molar-refractivity contribution < 1.29 is 13.2 Å². The fourth-order valence-corrected chi connectivity index (χ4v) is 3.52. The van der Waals surface area contributed by atoms with E-state index < -0.39 is 9.84 Å². The SMILES string of the molecule is CCCS(=O)(=O)c1ccccc1NC(COC)C(C)C. The topological polar surface area (TPSA) is 55.4 Å². The third kappa shape index (κ3) is 4.49. The molecule has 5 heteroatoms. The summed E-state index contributed by atoms with van der Waals surface area (Å²) in [7, 11) is -1.58. The monoisotopic (exact) mass is 299 g/mol. The molecule has 0 aliphatic rings. The average Bonchev–Trinajstić information content (AvgIpc) is 2.38. The first-order valence-electron chi connectivity index (χ1n) is 6.99. The normalized spacial score (nSPS) is 13.4. The lowest BCUT2D eigenvalue weighted by Gasteiger charge is -2.24. The van der Waals surface area contributed by atoms with Crippen LogP contribution in [0.2, 0.25) is 0 Å². The summed E-state index contributed by atoms with van der Waals surface area (Å²) < 4.78 is 29.8. The van der Waals surface area contributed by atoms with E-state index >= 15 is 0 Å². The molecular weight excluding hydrogens is 274 g/mol. The van der Waals surface area contributed by atoms with Gasteiger partial charge in [0, 0.05) is 7.11 Å². The second-order valence-corrected chi connectivity index (χ2v) is 7.34.